The molecule has 0 bridgehead atoms. The summed E-state index contributed by atoms with van der Waals surface area (Å²) in [4.78, 5) is 0. The average Bonchev–Trinajstić information content (AvgIpc) is 2.14. The van der Waals surface area contributed by atoms with Crippen molar-refractivity contribution in [3.05, 3.63) is 12.2 Å². The Hall–Kier alpha value is -0.340. The van der Waals surface area contributed by atoms with Gasteiger partial charge in [-0.15, -0.1) is 0 Å². The van der Waals surface area contributed by atoms with Gasteiger partial charge in [0, 0.05) is 5.92 Å². The molecule has 0 unspecified atom stereocenters. The Morgan fingerprint density at radius 1 is 1.29 bits per heavy atom. The minimum atomic E-state index is -0.731. The molecule has 17 heavy (non-hydrogen) atoms. The molecule has 0 aliphatic heterocycles. The molecule has 4 atom stereocenters. The highest BCUT2D eigenvalue weighted by atomic mass is 16.3. The monoisotopic (exact) mass is 238 g/mol. The van der Waals surface area contributed by atoms with Crippen molar-refractivity contribution in [1.82, 2.24) is 0 Å². The zero-order valence-corrected chi connectivity index (χ0v) is 11.4. The van der Waals surface area contributed by atoms with Crippen LogP contribution in [0.2, 0.25) is 0 Å². The second-order valence-corrected chi connectivity index (χ2v) is 6.76. The maximum atomic E-state index is 11.1. The van der Waals surface area contributed by atoms with Crippen LogP contribution in [0.15, 0.2) is 12.2 Å². The van der Waals surface area contributed by atoms with Crippen LogP contribution in [0.4, 0.5) is 0 Å². The predicted molar refractivity (Wildman–Crippen MR) is 69.6 cm³/mol. The molecule has 0 aromatic rings. The van der Waals surface area contributed by atoms with Crippen molar-refractivity contribution in [2.24, 2.45) is 17.8 Å². The maximum absolute atomic E-state index is 11.1. The molecule has 2 nitrogen and oxygen atoms in total. The summed E-state index contributed by atoms with van der Waals surface area (Å²) in [6.07, 6.45) is 4.25. The lowest BCUT2D eigenvalue weighted by Crippen LogP contribution is -2.61. The summed E-state index contributed by atoms with van der Waals surface area (Å²) in [7, 11) is 0. The first kappa shape index (κ1) is 13.1. The summed E-state index contributed by atoms with van der Waals surface area (Å²) >= 11 is 0. The van der Waals surface area contributed by atoms with E-state index in [1.54, 1.807) is 0 Å². The Bertz CT molecular complexity index is 319. The van der Waals surface area contributed by atoms with Gasteiger partial charge < -0.3 is 10.2 Å². The Balaban J connectivity index is 2.35. The number of rotatable bonds is 1. The van der Waals surface area contributed by atoms with Crippen LogP contribution < -0.4 is 0 Å². The van der Waals surface area contributed by atoms with Crippen LogP contribution in [0.3, 0.4) is 0 Å². The standard InChI is InChI=1S/C15H26O2/c1-10(2)12-7-8-14(4,16)13-6-5-11(3)9-15(12,13)17/h10,12-13,16-17H,3,5-9H2,1-2,4H3/t12-,13+,14-,15-/m1/s1. The van der Waals surface area contributed by atoms with Crippen molar-refractivity contribution in [3.63, 3.8) is 0 Å². The summed E-state index contributed by atoms with van der Waals surface area (Å²) in [5.74, 6) is 0.774. The largest absolute Gasteiger partial charge is 0.390 e. The molecule has 2 aliphatic carbocycles. The molecule has 0 amide bonds. The highest BCUT2D eigenvalue weighted by molar-refractivity contribution is 5.16. The number of fused-ring (bicyclic) bond motifs is 1. The lowest BCUT2D eigenvalue weighted by atomic mass is 9.54. The molecule has 0 spiro atoms. The average molecular weight is 238 g/mol. The van der Waals surface area contributed by atoms with E-state index in [1.807, 2.05) is 6.92 Å². The summed E-state index contributed by atoms with van der Waals surface area (Å²) in [5.41, 5.74) is -0.293. The first-order valence-electron chi connectivity index (χ1n) is 6.89. The smallest absolute Gasteiger partial charge is 0.0770 e. The second kappa shape index (κ2) is 4.10. The minimum Gasteiger partial charge on any atom is -0.390 e. The van der Waals surface area contributed by atoms with E-state index >= 15 is 0 Å². The molecule has 0 heterocycles. The van der Waals surface area contributed by atoms with Crippen LogP contribution in [0.1, 0.15) is 52.9 Å². The van der Waals surface area contributed by atoms with E-state index in [4.69, 9.17) is 0 Å². The molecule has 2 heteroatoms. The van der Waals surface area contributed by atoms with Gasteiger partial charge in [0.2, 0.25) is 0 Å². The van der Waals surface area contributed by atoms with Gasteiger partial charge >= 0.3 is 0 Å². The van der Waals surface area contributed by atoms with E-state index in [9.17, 15) is 10.2 Å². The SMILES string of the molecule is C=C1CC[C@@H]2[C@@](O)(C1)[C@@H](C(C)C)CC[C@@]2(C)O. The summed E-state index contributed by atoms with van der Waals surface area (Å²) < 4.78 is 0. The topological polar surface area (TPSA) is 40.5 Å². The second-order valence-electron chi connectivity index (χ2n) is 6.76. The molecule has 2 rings (SSSR count). The fourth-order valence-electron chi connectivity index (χ4n) is 4.23. The van der Waals surface area contributed by atoms with E-state index in [2.05, 4.69) is 20.4 Å². The van der Waals surface area contributed by atoms with Gasteiger partial charge in [0.05, 0.1) is 11.2 Å². The molecular formula is C15H26O2. The minimum absolute atomic E-state index is 0.0154. The number of aliphatic hydroxyl groups is 2. The van der Waals surface area contributed by atoms with Crippen molar-refractivity contribution in [2.75, 3.05) is 0 Å². The van der Waals surface area contributed by atoms with Crippen LogP contribution in [0.25, 0.3) is 0 Å². The normalized spacial score (nSPS) is 47.1. The van der Waals surface area contributed by atoms with E-state index in [0.29, 0.717) is 18.3 Å². The maximum Gasteiger partial charge on any atom is 0.0770 e. The van der Waals surface area contributed by atoms with E-state index < -0.39 is 11.2 Å². The fourth-order valence-corrected chi connectivity index (χ4v) is 4.23. The quantitative estimate of drug-likeness (QED) is 0.690. The van der Waals surface area contributed by atoms with Crippen LogP contribution >= 0.6 is 0 Å². The van der Waals surface area contributed by atoms with Crippen LogP contribution in [-0.4, -0.2) is 21.4 Å². The van der Waals surface area contributed by atoms with E-state index in [1.165, 1.54) is 0 Å². The number of hydrogen-bond acceptors (Lipinski definition) is 2. The third-order valence-corrected chi connectivity index (χ3v) is 5.08. The van der Waals surface area contributed by atoms with Crippen molar-refractivity contribution < 1.29 is 10.2 Å². The highest BCUT2D eigenvalue weighted by Crippen LogP contribution is 2.54. The fraction of sp³-hybridized carbons (Fsp3) is 0.867. The highest BCUT2D eigenvalue weighted by Gasteiger charge is 2.56. The van der Waals surface area contributed by atoms with Gasteiger partial charge in [-0.2, -0.15) is 0 Å². The van der Waals surface area contributed by atoms with Gasteiger partial charge in [-0.05, 0) is 50.9 Å². The van der Waals surface area contributed by atoms with Gasteiger partial charge in [-0.1, -0.05) is 26.0 Å². The third-order valence-electron chi connectivity index (χ3n) is 5.08. The first-order chi connectivity index (χ1) is 7.77. The Morgan fingerprint density at radius 2 is 1.94 bits per heavy atom. The summed E-state index contributed by atoms with van der Waals surface area (Å²) in [6, 6.07) is 0. The van der Waals surface area contributed by atoms with Crippen molar-refractivity contribution >= 4 is 0 Å². The molecule has 0 aromatic carbocycles. The zero-order valence-electron chi connectivity index (χ0n) is 11.4. The molecule has 2 fully saturated rings. The molecule has 0 aromatic heterocycles. The molecule has 0 radical (unpaired) electrons. The van der Waals surface area contributed by atoms with Crippen LogP contribution in [0, 0.1) is 17.8 Å². The summed E-state index contributed by atoms with van der Waals surface area (Å²) in [5, 5.41) is 21.6. The first-order valence-corrected chi connectivity index (χ1v) is 6.89. The summed E-state index contributed by atoms with van der Waals surface area (Å²) in [6.45, 7) is 10.3. The van der Waals surface area contributed by atoms with E-state index in [0.717, 1.165) is 31.3 Å². The molecule has 2 aliphatic rings. The van der Waals surface area contributed by atoms with Crippen LogP contribution in [-0.2, 0) is 0 Å². The molecular weight excluding hydrogens is 212 g/mol. The van der Waals surface area contributed by atoms with Crippen LogP contribution in [0.5, 0.6) is 0 Å². The predicted octanol–water partition coefficient (Wildman–Crippen LogP) is 2.89. The number of hydrogen-bond donors (Lipinski definition) is 2. The van der Waals surface area contributed by atoms with Crippen molar-refractivity contribution in [3.8, 4) is 0 Å². The molecule has 98 valence electrons. The van der Waals surface area contributed by atoms with Gasteiger partial charge in [-0.3, -0.25) is 0 Å². The van der Waals surface area contributed by atoms with Crippen molar-refractivity contribution in [2.45, 2.75) is 64.1 Å². The zero-order chi connectivity index (χ0) is 12.8. The Morgan fingerprint density at radius 3 is 2.53 bits per heavy atom. The van der Waals surface area contributed by atoms with Gasteiger partial charge in [-0.25, -0.2) is 0 Å². The third kappa shape index (κ3) is 2.06. The molecule has 2 N–H and O–H groups in total. The van der Waals surface area contributed by atoms with Gasteiger partial charge in [0.25, 0.3) is 0 Å². The van der Waals surface area contributed by atoms with Crippen molar-refractivity contribution in [1.29, 1.82) is 0 Å². The lowest BCUT2D eigenvalue weighted by Gasteiger charge is -2.56. The van der Waals surface area contributed by atoms with E-state index in [-0.39, 0.29) is 5.92 Å². The van der Waals surface area contributed by atoms with Gasteiger partial charge in [0.1, 0.15) is 0 Å². The molecule has 0 saturated heterocycles. The Labute approximate surface area is 105 Å². The Kier molecular flexibility index (Phi) is 3.16. The molecule has 2 saturated carbocycles. The lowest BCUT2D eigenvalue weighted by molar-refractivity contribution is -0.197. The van der Waals surface area contributed by atoms with Gasteiger partial charge in [0.15, 0.2) is 0 Å².